The van der Waals surface area contributed by atoms with Crippen LogP contribution in [0.4, 0.5) is 0 Å². The highest BCUT2D eigenvalue weighted by molar-refractivity contribution is 5.78. The second-order valence-corrected chi connectivity index (χ2v) is 2.61. The lowest BCUT2D eigenvalue weighted by Gasteiger charge is -2.06. The van der Waals surface area contributed by atoms with E-state index in [4.69, 9.17) is 6.42 Å². The van der Waals surface area contributed by atoms with Crippen LogP contribution in [0.25, 0.3) is 0 Å². The molecule has 1 atom stereocenters. The molecular formula is C8H12N2O. The van der Waals surface area contributed by atoms with Crippen LogP contribution in [0.3, 0.4) is 0 Å². The summed E-state index contributed by atoms with van der Waals surface area (Å²) in [7, 11) is 0. The Bertz CT molecular complexity index is 183. The fourth-order valence-corrected chi connectivity index (χ4v) is 1.10. The van der Waals surface area contributed by atoms with Crippen LogP contribution in [0.15, 0.2) is 0 Å². The third-order valence-corrected chi connectivity index (χ3v) is 1.68. The zero-order chi connectivity index (χ0) is 8.10. The van der Waals surface area contributed by atoms with Gasteiger partial charge in [0.1, 0.15) is 0 Å². The topological polar surface area (TPSA) is 41.1 Å². The first-order valence-electron chi connectivity index (χ1n) is 3.76. The Labute approximate surface area is 66.5 Å². The molecule has 60 valence electrons. The maximum absolute atomic E-state index is 10.7. The fourth-order valence-electron chi connectivity index (χ4n) is 1.10. The van der Waals surface area contributed by atoms with Crippen LogP contribution in [-0.2, 0) is 4.79 Å². The summed E-state index contributed by atoms with van der Waals surface area (Å²) < 4.78 is 0. The highest BCUT2D eigenvalue weighted by atomic mass is 16.1. The fraction of sp³-hybridized carbons (Fsp3) is 0.625. The lowest BCUT2D eigenvalue weighted by molar-refractivity contribution is -0.119. The van der Waals surface area contributed by atoms with Crippen molar-refractivity contribution in [1.82, 2.24) is 10.6 Å². The molecule has 0 aromatic carbocycles. The van der Waals surface area contributed by atoms with E-state index in [2.05, 4.69) is 16.6 Å². The summed E-state index contributed by atoms with van der Waals surface area (Å²) in [6.07, 6.45) is 6.38. The van der Waals surface area contributed by atoms with Crippen molar-refractivity contribution in [2.75, 3.05) is 13.1 Å². The number of hydrogen-bond acceptors (Lipinski definition) is 2. The first-order valence-corrected chi connectivity index (χ1v) is 3.76. The molecular weight excluding hydrogens is 140 g/mol. The molecule has 1 amide bonds. The van der Waals surface area contributed by atoms with Crippen molar-refractivity contribution in [3.8, 4) is 12.3 Å². The van der Waals surface area contributed by atoms with Crippen LogP contribution in [0, 0.1) is 12.3 Å². The van der Waals surface area contributed by atoms with Gasteiger partial charge in [-0.1, -0.05) is 0 Å². The van der Waals surface area contributed by atoms with Crippen LogP contribution in [0.1, 0.15) is 12.8 Å². The van der Waals surface area contributed by atoms with Crippen molar-refractivity contribution in [1.29, 1.82) is 0 Å². The van der Waals surface area contributed by atoms with E-state index in [1.165, 1.54) is 0 Å². The van der Waals surface area contributed by atoms with Gasteiger partial charge in [-0.3, -0.25) is 4.79 Å². The van der Waals surface area contributed by atoms with E-state index in [1.54, 1.807) is 0 Å². The van der Waals surface area contributed by atoms with Gasteiger partial charge in [0.15, 0.2) is 0 Å². The quantitative estimate of drug-likeness (QED) is 0.422. The van der Waals surface area contributed by atoms with Gasteiger partial charge < -0.3 is 10.6 Å². The zero-order valence-electron chi connectivity index (χ0n) is 6.39. The average molecular weight is 152 g/mol. The molecule has 2 N–H and O–H groups in total. The molecule has 11 heavy (non-hydrogen) atoms. The second-order valence-electron chi connectivity index (χ2n) is 2.61. The molecule has 3 nitrogen and oxygen atoms in total. The van der Waals surface area contributed by atoms with E-state index >= 15 is 0 Å². The van der Waals surface area contributed by atoms with Crippen molar-refractivity contribution in [2.45, 2.75) is 18.9 Å². The molecule has 1 aliphatic heterocycles. The van der Waals surface area contributed by atoms with Crippen molar-refractivity contribution < 1.29 is 4.79 Å². The normalized spacial score (nSPS) is 22.8. The van der Waals surface area contributed by atoms with Gasteiger partial charge in [0.2, 0.25) is 5.91 Å². The number of terminal acetylenes is 1. The Morgan fingerprint density at radius 3 is 3.18 bits per heavy atom. The smallest absolute Gasteiger partial charge is 0.221 e. The highest BCUT2D eigenvalue weighted by Gasteiger charge is 2.19. The minimum Gasteiger partial charge on any atom is -0.354 e. The minimum atomic E-state index is 0.128. The molecule has 1 unspecified atom stereocenters. The molecule has 0 radical (unpaired) electrons. The van der Waals surface area contributed by atoms with Crippen molar-refractivity contribution >= 4 is 5.91 Å². The highest BCUT2D eigenvalue weighted by Crippen LogP contribution is 1.98. The molecule has 0 saturated carbocycles. The van der Waals surface area contributed by atoms with E-state index in [-0.39, 0.29) is 11.9 Å². The largest absolute Gasteiger partial charge is 0.354 e. The van der Waals surface area contributed by atoms with Gasteiger partial charge >= 0.3 is 0 Å². The monoisotopic (exact) mass is 152 g/mol. The van der Waals surface area contributed by atoms with E-state index in [1.807, 2.05) is 0 Å². The number of amides is 1. The Kier molecular flexibility index (Phi) is 2.94. The molecule has 0 bridgehead atoms. The van der Waals surface area contributed by atoms with Gasteiger partial charge in [-0.15, -0.1) is 12.3 Å². The SMILES string of the molecule is C#CCCNC1CNC(=O)C1. The number of carbonyl (C=O) groups excluding carboxylic acids is 1. The molecule has 0 aliphatic carbocycles. The van der Waals surface area contributed by atoms with Gasteiger partial charge in [0.25, 0.3) is 0 Å². The summed E-state index contributed by atoms with van der Waals surface area (Å²) >= 11 is 0. The Balaban J connectivity index is 2.09. The first-order chi connectivity index (χ1) is 5.33. The molecule has 1 aliphatic rings. The molecule has 1 heterocycles. The second kappa shape index (κ2) is 3.99. The molecule has 0 aromatic heterocycles. The van der Waals surface area contributed by atoms with Crippen LogP contribution in [0.2, 0.25) is 0 Å². The maximum atomic E-state index is 10.7. The van der Waals surface area contributed by atoms with Crippen LogP contribution < -0.4 is 10.6 Å². The van der Waals surface area contributed by atoms with Crippen molar-refractivity contribution in [3.05, 3.63) is 0 Å². The standard InChI is InChI=1S/C8H12N2O/c1-2-3-4-9-7-5-8(11)10-6-7/h1,7,9H,3-6H2,(H,10,11). The average Bonchev–Trinajstić information content (AvgIpc) is 2.37. The predicted octanol–water partition coefficient (Wildman–Crippen LogP) is -0.512. The number of rotatable bonds is 3. The maximum Gasteiger partial charge on any atom is 0.221 e. The van der Waals surface area contributed by atoms with Gasteiger partial charge in [0.05, 0.1) is 0 Å². The van der Waals surface area contributed by atoms with E-state index in [0.717, 1.165) is 19.5 Å². The summed E-state index contributed by atoms with van der Waals surface area (Å²) in [6.45, 7) is 1.54. The summed E-state index contributed by atoms with van der Waals surface area (Å²) in [5.41, 5.74) is 0. The Morgan fingerprint density at radius 2 is 2.64 bits per heavy atom. The minimum absolute atomic E-state index is 0.128. The van der Waals surface area contributed by atoms with Gasteiger partial charge in [-0.2, -0.15) is 0 Å². The van der Waals surface area contributed by atoms with E-state index in [9.17, 15) is 4.79 Å². The Morgan fingerprint density at radius 1 is 1.82 bits per heavy atom. The molecule has 0 aromatic rings. The summed E-state index contributed by atoms with van der Waals surface area (Å²) in [4.78, 5) is 10.7. The lowest BCUT2D eigenvalue weighted by Crippen LogP contribution is -2.31. The summed E-state index contributed by atoms with van der Waals surface area (Å²) in [6, 6.07) is 0.288. The zero-order valence-corrected chi connectivity index (χ0v) is 6.39. The van der Waals surface area contributed by atoms with Crippen LogP contribution >= 0.6 is 0 Å². The number of hydrogen-bond donors (Lipinski definition) is 2. The molecule has 3 heteroatoms. The van der Waals surface area contributed by atoms with Crippen LogP contribution in [0.5, 0.6) is 0 Å². The molecule has 1 saturated heterocycles. The van der Waals surface area contributed by atoms with Crippen molar-refractivity contribution in [2.24, 2.45) is 0 Å². The van der Waals surface area contributed by atoms with Crippen molar-refractivity contribution in [3.63, 3.8) is 0 Å². The number of carbonyl (C=O) groups is 1. The third kappa shape index (κ3) is 2.60. The Hall–Kier alpha value is -1.01. The predicted molar refractivity (Wildman–Crippen MR) is 42.9 cm³/mol. The molecule has 0 spiro atoms. The summed E-state index contributed by atoms with van der Waals surface area (Å²) in [5.74, 6) is 2.66. The third-order valence-electron chi connectivity index (χ3n) is 1.68. The summed E-state index contributed by atoms with van der Waals surface area (Å²) in [5, 5.41) is 5.93. The van der Waals surface area contributed by atoms with Gasteiger partial charge in [-0.25, -0.2) is 0 Å². The van der Waals surface area contributed by atoms with E-state index < -0.39 is 0 Å². The van der Waals surface area contributed by atoms with Crippen LogP contribution in [-0.4, -0.2) is 25.0 Å². The first kappa shape index (κ1) is 8.09. The lowest BCUT2D eigenvalue weighted by atomic mass is 10.2. The molecule has 1 rings (SSSR count). The number of nitrogens with one attached hydrogen (secondary N) is 2. The van der Waals surface area contributed by atoms with E-state index in [0.29, 0.717) is 6.42 Å². The van der Waals surface area contributed by atoms with Gasteiger partial charge in [-0.05, 0) is 0 Å². The van der Waals surface area contributed by atoms with Gasteiger partial charge in [0, 0.05) is 32.0 Å². The molecule has 1 fully saturated rings.